The van der Waals surface area contributed by atoms with E-state index in [1.807, 2.05) is 18.3 Å². The minimum atomic E-state index is 0.191. The van der Waals surface area contributed by atoms with Gasteiger partial charge in [0.2, 0.25) is 0 Å². The summed E-state index contributed by atoms with van der Waals surface area (Å²) < 4.78 is 0. The molecule has 0 spiro atoms. The molecule has 3 N–H and O–H groups in total. The third-order valence-corrected chi connectivity index (χ3v) is 3.65. The second-order valence-electron chi connectivity index (χ2n) is 5.05. The van der Waals surface area contributed by atoms with Gasteiger partial charge >= 0.3 is 0 Å². The van der Waals surface area contributed by atoms with Crippen LogP contribution in [0.15, 0.2) is 54.7 Å². The Balaban J connectivity index is 1.74. The van der Waals surface area contributed by atoms with E-state index in [1.165, 1.54) is 10.9 Å². The van der Waals surface area contributed by atoms with Gasteiger partial charge in [0.25, 0.3) is 0 Å². The van der Waals surface area contributed by atoms with Crippen molar-refractivity contribution in [3.05, 3.63) is 65.9 Å². The molecule has 3 rings (SSSR count). The zero-order chi connectivity index (χ0) is 13.9. The molecule has 2 aromatic carbocycles. The van der Waals surface area contributed by atoms with Gasteiger partial charge in [-0.15, -0.1) is 0 Å². The van der Waals surface area contributed by atoms with Crippen LogP contribution in [0.5, 0.6) is 5.75 Å². The summed E-state index contributed by atoms with van der Waals surface area (Å²) in [5.74, 6) is 0.309. The smallest absolute Gasteiger partial charge is 0.115 e. The van der Waals surface area contributed by atoms with Gasteiger partial charge in [-0.25, -0.2) is 0 Å². The van der Waals surface area contributed by atoms with Crippen LogP contribution in [0.4, 0.5) is 0 Å². The van der Waals surface area contributed by atoms with Crippen molar-refractivity contribution in [2.75, 3.05) is 0 Å². The van der Waals surface area contributed by atoms with Crippen LogP contribution in [-0.4, -0.2) is 10.1 Å². The highest BCUT2D eigenvalue weighted by atomic mass is 16.3. The highest BCUT2D eigenvalue weighted by molar-refractivity contribution is 5.82. The van der Waals surface area contributed by atoms with Crippen LogP contribution in [0, 0.1) is 0 Å². The first-order valence-corrected chi connectivity index (χ1v) is 6.81. The maximum atomic E-state index is 9.53. The largest absolute Gasteiger partial charge is 0.508 e. The average molecular weight is 266 g/mol. The van der Waals surface area contributed by atoms with Gasteiger partial charge in [-0.3, -0.25) is 0 Å². The maximum absolute atomic E-state index is 9.53. The molecule has 0 aliphatic carbocycles. The van der Waals surface area contributed by atoms with E-state index in [0.29, 0.717) is 5.75 Å². The van der Waals surface area contributed by atoms with Crippen molar-refractivity contribution in [2.24, 2.45) is 0 Å². The normalized spacial score (nSPS) is 12.7. The first-order chi connectivity index (χ1) is 9.74. The van der Waals surface area contributed by atoms with Crippen molar-refractivity contribution in [3.8, 4) is 5.75 Å². The number of aromatic amines is 1. The second-order valence-corrected chi connectivity index (χ2v) is 5.05. The molecule has 0 bridgehead atoms. The summed E-state index contributed by atoms with van der Waals surface area (Å²) >= 11 is 0. The summed E-state index contributed by atoms with van der Waals surface area (Å²) in [6, 6.07) is 16.0. The third kappa shape index (κ3) is 2.53. The Morgan fingerprint density at radius 2 is 2.00 bits per heavy atom. The molecule has 0 aliphatic heterocycles. The number of phenolic OH excluding ortho intramolecular Hbond substituents is 1. The highest BCUT2D eigenvalue weighted by Crippen LogP contribution is 2.20. The van der Waals surface area contributed by atoms with E-state index in [0.717, 1.165) is 17.6 Å². The number of fused-ring (bicyclic) bond motifs is 1. The third-order valence-electron chi connectivity index (χ3n) is 3.65. The molecule has 1 unspecified atom stereocenters. The topological polar surface area (TPSA) is 48.0 Å². The van der Waals surface area contributed by atoms with Crippen molar-refractivity contribution in [2.45, 2.75) is 19.5 Å². The van der Waals surface area contributed by atoms with Crippen LogP contribution in [0.2, 0.25) is 0 Å². The molecule has 3 aromatic rings. The lowest BCUT2D eigenvalue weighted by atomic mass is 10.1. The van der Waals surface area contributed by atoms with Gasteiger partial charge < -0.3 is 15.4 Å². The van der Waals surface area contributed by atoms with E-state index < -0.39 is 0 Å². The van der Waals surface area contributed by atoms with Crippen LogP contribution in [-0.2, 0) is 6.54 Å². The molecule has 0 saturated carbocycles. The Morgan fingerprint density at radius 3 is 2.85 bits per heavy atom. The van der Waals surface area contributed by atoms with Gasteiger partial charge in [-0.05, 0) is 42.3 Å². The average Bonchev–Trinajstić information content (AvgIpc) is 2.93. The van der Waals surface area contributed by atoms with E-state index in [1.54, 1.807) is 12.1 Å². The van der Waals surface area contributed by atoms with Gasteiger partial charge in [-0.2, -0.15) is 0 Å². The Hall–Kier alpha value is -2.26. The van der Waals surface area contributed by atoms with E-state index >= 15 is 0 Å². The van der Waals surface area contributed by atoms with Crippen molar-refractivity contribution >= 4 is 10.9 Å². The number of nitrogens with one attached hydrogen (secondary N) is 2. The molecule has 1 atom stereocenters. The van der Waals surface area contributed by atoms with Gasteiger partial charge in [-0.1, -0.05) is 24.3 Å². The number of aromatic hydroxyl groups is 1. The Morgan fingerprint density at radius 1 is 1.15 bits per heavy atom. The fourth-order valence-corrected chi connectivity index (χ4v) is 2.48. The minimum Gasteiger partial charge on any atom is -0.508 e. The molecule has 0 saturated heterocycles. The summed E-state index contributed by atoms with van der Waals surface area (Å²) in [4.78, 5) is 3.23. The molecule has 0 aliphatic rings. The van der Waals surface area contributed by atoms with Crippen LogP contribution in [0.3, 0.4) is 0 Å². The summed E-state index contributed by atoms with van der Waals surface area (Å²) in [5, 5.41) is 14.3. The number of rotatable bonds is 4. The molecule has 3 heteroatoms. The van der Waals surface area contributed by atoms with E-state index in [-0.39, 0.29) is 6.04 Å². The number of aromatic nitrogens is 1. The Kier molecular flexibility index (Phi) is 3.44. The zero-order valence-corrected chi connectivity index (χ0v) is 11.4. The van der Waals surface area contributed by atoms with Crippen LogP contribution < -0.4 is 5.32 Å². The zero-order valence-electron chi connectivity index (χ0n) is 11.4. The molecular weight excluding hydrogens is 248 g/mol. The number of phenols is 1. The first-order valence-electron chi connectivity index (χ1n) is 6.81. The van der Waals surface area contributed by atoms with Crippen LogP contribution in [0.25, 0.3) is 10.9 Å². The Bertz CT molecular complexity index is 718. The minimum absolute atomic E-state index is 0.191. The highest BCUT2D eigenvalue weighted by Gasteiger charge is 2.07. The second kappa shape index (κ2) is 5.39. The number of hydrogen-bond acceptors (Lipinski definition) is 2. The molecule has 3 nitrogen and oxygen atoms in total. The van der Waals surface area contributed by atoms with Gasteiger partial charge in [0.1, 0.15) is 5.75 Å². The predicted octanol–water partition coefficient (Wildman–Crippen LogP) is 3.72. The summed E-state index contributed by atoms with van der Waals surface area (Å²) in [6.07, 6.45) is 1.97. The lowest BCUT2D eigenvalue weighted by Gasteiger charge is -2.15. The summed E-state index contributed by atoms with van der Waals surface area (Å²) in [7, 11) is 0. The molecule has 102 valence electrons. The van der Waals surface area contributed by atoms with Crippen LogP contribution >= 0.6 is 0 Å². The van der Waals surface area contributed by atoms with E-state index in [9.17, 15) is 5.11 Å². The number of benzene rings is 2. The standard InChI is InChI=1S/C17H18N2O/c1-12(13-4-2-6-15(20)10-13)19-11-14-5-3-7-17-16(14)8-9-18-17/h2-10,12,18-20H,11H2,1H3. The van der Waals surface area contributed by atoms with Crippen LogP contribution in [0.1, 0.15) is 24.1 Å². The summed E-state index contributed by atoms with van der Waals surface area (Å²) in [5.41, 5.74) is 3.52. The fourth-order valence-electron chi connectivity index (χ4n) is 2.48. The summed E-state index contributed by atoms with van der Waals surface area (Å²) in [6.45, 7) is 2.90. The van der Waals surface area contributed by atoms with Crippen molar-refractivity contribution < 1.29 is 5.11 Å². The molecular formula is C17H18N2O. The fraction of sp³-hybridized carbons (Fsp3) is 0.176. The first kappa shape index (κ1) is 12.8. The molecule has 0 amide bonds. The number of hydrogen-bond donors (Lipinski definition) is 3. The van der Waals surface area contributed by atoms with E-state index in [4.69, 9.17) is 0 Å². The predicted molar refractivity (Wildman–Crippen MR) is 81.7 cm³/mol. The van der Waals surface area contributed by atoms with Gasteiger partial charge in [0.05, 0.1) is 0 Å². The van der Waals surface area contributed by atoms with Gasteiger partial charge in [0.15, 0.2) is 0 Å². The maximum Gasteiger partial charge on any atom is 0.115 e. The van der Waals surface area contributed by atoms with Gasteiger partial charge in [0, 0.05) is 29.7 Å². The van der Waals surface area contributed by atoms with Crippen molar-refractivity contribution in [1.82, 2.24) is 10.3 Å². The molecule has 1 aromatic heterocycles. The lowest BCUT2D eigenvalue weighted by molar-refractivity contribution is 0.472. The lowest BCUT2D eigenvalue weighted by Crippen LogP contribution is -2.18. The molecule has 1 heterocycles. The quantitative estimate of drug-likeness (QED) is 0.674. The van der Waals surface area contributed by atoms with E-state index in [2.05, 4.69) is 41.5 Å². The molecule has 20 heavy (non-hydrogen) atoms. The SMILES string of the molecule is CC(NCc1cccc2[nH]ccc12)c1cccc(O)c1. The monoisotopic (exact) mass is 266 g/mol. The Labute approximate surface area is 118 Å². The van der Waals surface area contributed by atoms with Crippen molar-refractivity contribution in [3.63, 3.8) is 0 Å². The molecule has 0 radical (unpaired) electrons. The van der Waals surface area contributed by atoms with Crippen molar-refractivity contribution in [1.29, 1.82) is 0 Å². The molecule has 0 fully saturated rings. The number of H-pyrrole nitrogens is 1.